The number of amides is 1. The van der Waals surface area contributed by atoms with Crippen LogP contribution in [0.4, 0.5) is 0 Å². The summed E-state index contributed by atoms with van der Waals surface area (Å²) in [7, 11) is 3.33. The lowest BCUT2D eigenvalue weighted by atomic mass is 10.2. The smallest absolute Gasteiger partial charge is 0.251 e. The third-order valence-corrected chi connectivity index (χ3v) is 2.82. The molecule has 1 amide bonds. The molecule has 5 heteroatoms. The third kappa shape index (κ3) is 3.28. The van der Waals surface area contributed by atoms with Gasteiger partial charge in [0.15, 0.2) is 0 Å². The molecule has 0 N–H and O–H groups in total. The average Bonchev–Trinajstić information content (AvgIpc) is 2.72. The zero-order valence-corrected chi connectivity index (χ0v) is 10.1. The molecule has 84 valence electrons. The van der Waals surface area contributed by atoms with E-state index >= 15 is 0 Å². The maximum absolute atomic E-state index is 11.8. The Labute approximate surface area is 93.9 Å². The van der Waals surface area contributed by atoms with Gasteiger partial charge < -0.3 is 9.64 Å². The molecule has 1 atom stereocenters. The molecule has 1 heterocycles. The largest absolute Gasteiger partial charge is 0.372 e. The Balaban J connectivity index is 2.53. The van der Waals surface area contributed by atoms with E-state index in [1.54, 1.807) is 24.6 Å². The number of methoxy groups -OCH3 is 1. The van der Waals surface area contributed by atoms with Crippen molar-refractivity contribution in [2.75, 3.05) is 14.2 Å². The number of hydrogen-bond acceptors (Lipinski definition) is 4. The predicted molar refractivity (Wildman–Crippen MR) is 59.7 cm³/mol. The molecule has 0 saturated carbocycles. The van der Waals surface area contributed by atoms with Crippen molar-refractivity contribution in [3.05, 3.63) is 16.6 Å². The third-order valence-electron chi connectivity index (χ3n) is 2.19. The van der Waals surface area contributed by atoms with Crippen LogP contribution in [0.3, 0.4) is 0 Å². The van der Waals surface area contributed by atoms with E-state index < -0.39 is 0 Å². The van der Waals surface area contributed by atoms with Crippen molar-refractivity contribution < 1.29 is 9.53 Å². The maximum Gasteiger partial charge on any atom is 0.251 e. The highest BCUT2D eigenvalue weighted by Crippen LogP contribution is 2.07. The number of carbonyl (C=O) groups is 1. The van der Waals surface area contributed by atoms with E-state index in [9.17, 15) is 4.79 Å². The van der Waals surface area contributed by atoms with Crippen molar-refractivity contribution >= 4 is 17.2 Å². The fraction of sp³-hybridized carbons (Fsp3) is 0.600. The Hall–Kier alpha value is -0.940. The molecule has 0 unspecified atom stereocenters. The number of carbonyl (C=O) groups excluding carboxylic acids is 1. The molecule has 0 saturated heterocycles. The van der Waals surface area contributed by atoms with E-state index in [1.165, 1.54) is 11.3 Å². The van der Waals surface area contributed by atoms with E-state index in [1.807, 2.05) is 12.3 Å². The summed E-state index contributed by atoms with van der Waals surface area (Å²) in [6, 6.07) is 0. The van der Waals surface area contributed by atoms with Crippen LogP contribution in [0.1, 0.15) is 19.0 Å². The summed E-state index contributed by atoms with van der Waals surface area (Å²) in [5.74, 6) is 0.00741. The molecule has 0 aliphatic heterocycles. The highest BCUT2D eigenvalue weighted by molar-refractivity contribution is 7.07. The van der Waals surface area contributed by atoms with E-state index in [0.29, 0.717) is 13.0 Å². The topological polar surface area (TPSA) is 42.4 Å². The van der Waals surface area contributed by atoms with Gasteiger partial charge in [0.25, 0.3) is 5.91 Å². The lowest BCUT2D eigenvalue weighted by Crippen LogP contribution is -2.36. The van der Waals surface area contributed by atoms with Crippen LogP contribution in [0, 0.1) is 0 Å². The van der Waals surface area contributed by atoms with Crippen LogP contribution in [-0.4, -0.2) is 36.1 Å². The van der Waals surface area contributed by atoms with Gasteiger partial charge in [-0.15, -0.1) is 11.3 Å². The van der Waals surface area contributed by atoms with Gasteiger partial charge in [-0.3, -0.25) is 4.79 Å². The van der Waals surface area contributed by atoms with Crippen molar-refractivity contribution in [3.63, 3.8) is 0 Å². The van der Waals surface area contributed by atoms with Gasteiger partial charge in [0.1, 0.15) is 6.10 Å². The number of nitrogens with zero attached hydrogens (tertiary/aromatic N) is 2. The lowest BCUT2D eigenvalue weighted by Gasteiger charge is -2.21. The number of aromatic nitrogens is 1. The maximum atomic E-state index is 11.8. The molecule has 1 aromatic heterocycles. The number of likely N-dealkylation sites (N-methyl/N-ethyl adjacent to an activating group) is 1. The Morgan fingerprint density at radius 1 is 1.73 bits per heavy atom. The molecule has 15 heavy (non-hydrogen) atoms. The summed E-state index contributed by atoms with van der Waals surface area (Å²) in [6.07, 6.45) is 0.352. The fourth-order valence-electron chi connectivity index (χ4n) is 1.32. The van der Waals surface area contributed by atoms with Gasteiger partial charge in [0.05, 0.1) is 17.7 Å². The van der Waals surface area contributed by atoms with Gasteiger partial charge >= 0.3 is 0 Å². The number of rotatable bonds is 5. The number of ether oxygens (including phenoxy) is 1. The van der Waals surface area contributed by atoms with Crippen molar-refractivity contribution in [2.24, 2.45) is 0 Å². The van der Waals surface area contributed by atoms with Crippen molar-refractivity contribution in [1.82, 2.24) is 9.88 Å². The summed E-state index contributed by atoms with van der Waals surface area (Å²) in [5, 5.41) is 1.94. The zero-order valence-electron chi connectivity index (χ0n) is 9.27. The standard InChI is InChI=1S/C10H16N2O2S/c1-4-9(14-3)10(13)12(2)5-8-6-15-7-11-8/h6-7,9H,4-5H2,1-3H3/t9-/m1/s1. The van der Waals surface area contributed by atoms with E-state index in [-0.39, 0.29) is 12.0 Å². The van der Waals surface area contributed by atoms with E-state index in [2.05, 4.69) is 4.98 Å². The first kappa shape index (κ1) is 12.1. The number of hydrogen-bond donors (Lipinski definition) is 0. The minimum absolute atomic E-state index is 0.00741. The van der Waals surface area contributed by atoms with Crippen LogP contribution in [0.5, 0.6) is 0 Å². The predicted octanol–water partition coefficient (Wildman–Crippen LogP) is 1.53. The SMILES string of the molecule is CC[C@@H](OC)C(=O)N(C)Cc1cscn1. The monoisotopic (exact) mass is 228 g/mol. The minimum atomic E-state index is -0.339. The summed E-state index contributed by atoms with van der Waals surface area (Å²) in [4.78, 5) is 17.6. The zero-order chi connectivity index (χ0) is 11.3. The first-order valence-corrected chi connectivity index (χ1v) is 5.78. The second-order valence-electron chi connectivity index (χ2n) is 3.31. The average molecular weight is 228 g/mol. The molecule has 0 aliphatic carbocycles. The van der Waals surface area contributed by atoms with Crippen molar-refractivity contribution in [1.29, 1.82) is 0 Å². The molecular formula is C10H16N2O2S. The molecule has 0 radical (unpaired) electrons. The lowest BCUT2D eigenvalue weighted by molar-refractivity contribution is -0.141. The first-order valence-electron chi connectivity index (χ1n) is 4.83. The molecule has 0 spiro atoms. The molecule has 4 nitrogen and oxygen atoms in total. The normalized spacial score (nSPS) is 12.5. The summed E-state index contributed by atoms with van der Waals surface area (Å²) in [5.41, 5.74) is 2.68. The Morgan fingerprint density at radius 2 is 2.47 bits per heavy atom. The highest BCUT2D eigenvalue weighted by Gasteiger charge is 2.19. The van der Waals surface area contributed by atoms with Crippen molar-refractivity contribution in [3.8, 4) is 0 Å². The van der Waals surface area contributed by atoms with Gasteiger partial charge in [-0.05, 0) is 6.42 Å². The van der Waals surface area contributed by atoms with Crippen molar-refractivity contribution in [2.45, 2.75) is 26.0 Å². The molecule has 0 bridgehead atoms. The number of thiazole rings is 1. The molecule has 1 rings (SSSR count). The second kappa shape index (κ2) is 5.82. The molecule has 0 aromatic carbocycles. The van der Waals surface area contributed by atoms with Crippen LogP contribution in [0.2, 0.25) is 0 Å². The highest BCUT2D eigenvalue weighted by atomic mass is 32.1. The van der Waals surface area contributed by atoms with Gasteiger partial charge in [0.2, 0.25) is 0 Å². The molecule has 0 aliphatic rings. The summed E-state index contributed by atoms with van der Waals surface area (Å²) < 4.78 is 5.09. The Kier molecular flexibility index (Phi) is 4.71. The summed E-state index contributed by atoms with van der Waals surface area (Å²) in [6.45, 7) is 2.48. The van der Waals surface area contributed by atoms with Crippen LogP contribution in [0.25, 0.3) is 0 Å². The summed E-state index contributed by atoms with van der Waals surface area (Å²) >= 11 is 1.53. The second-order valence-corrected chi connectivity index (χ2v) is 4.03. The van der Waals surface area contributed by atoms with Gasteiger partial charge in [-0.25, -0.2) is 4.98 Å². The molecule has 0 fully saturated rings. The Morgan fingerprint density at radius 3 is 2.93 bits per heavy atom. The Bertz CT molecular complexity index is 296. The quantitative estimate of drug-likeness (QED) is 0.767. The minimum Gasteiger partial charge on any atom is -0.372 e. The van der Waals surface area contributed by atoms with Gasteiger partial charge in [0, 0.05) is 19.5 Å². The van der Waals surface area contributed by atoms with E-state index in [0.717, 1.165) is 5.69 Å². The van der Waals surface area contributed by atoms with E-state index in [4.69, 9.17) is 4.74 Å². The van der Waals surface area contributed by atoms with Gasteiger partial charge in [-0.1, -0.05) is 6.92 Å². The van der Waals surface area contributed by atoms with Gasteiger partial charge in [-0.2, -0.15) is 0 Å². The van der Waals surface area contributed by atoms with Crippen LogP contribution in [-0.2, 0) is 16.1 Å². The fourth-order valence-corrected chi connectivity index (χ4v) is 1.87. The van der Waals surface area contributed by atoms with Crippen LogP contribution >= 0.6 is 11.3 Å². The first-order chi connectivity index (χ1) is 7.19. The van der Waals surface area contributed by atoms with Crippen LogP contribution in [0.15, 0.2) is 10.9 Å². The molecular weight excluding hydrogens is 212 g/mol. The van der Waals surface area contributed by atoms with Crippen LogP contribution < -0.4 is 0 Å². The molecule has 1 aromatic rings.